The highest BCUT2D eigenvalue weighted by Crippen LogP contribution is 2.34. The fraction of sp³-hybridized carbons (Fsp3) is 0.182. The van der Waals surface area contributed by atoms with Crippen molar-refractivity contribution in [3.63, 3.8) is 0 Å². The van der Waals surface area contributed by atoms with Gasteiger partial charge in [-0.3, -0.25) is 9.20 Å². The number of rotatable bonds is 3. The van der Waals surface area contributed by atoms with Gasteiger partial charge in [0.2, 0.25) is 0 Å². The van der Waals surface area contributed by atoms with Crippen molar-refractivity contribution in [1.29, 1.82) is 0 Å². The number of aromatic nitrogens is 2. The number of fused-ring (bicyclic) bond motifs is 1. The highest BCUT2D eigenvalue weighted by molar-refractivity contribution is 7.15. The van der Waals surface area contributed by atoms with Crippen LogP contribution in [0.15, 0.2) is 41.8 Å². The average Bonchev–Trinajstić information content (AvgIpc) is 3.14. The molecule has 0 saturated carbocycles. The SMILES string of the molecule is Cc1ccc(-c2nc3scc(-c4ccc(C)cc4C)n3c2C=O)c(C)c1. The molecule has 0 N–H and O–H groups in total. The highest BCUT2D eigenvalue weighted by atomic mass is 32.1. The third-order valence-electron chi connectivity index (χ3n) is 4.81. The lowest BCUT2D eigenvalue weighted by molar-refractivity contribution is 0.111. The van der Waals surface area contributed by atoms with Crippen LogP contribution in [0.3, 0.4) is 0 Å². The minimum absolute atomic E-state index is 0.614. The van der Waals surface area contributed by atoms with E-state index in [1.807, 2.05) is 4.40 Å². The van der Waals surface area contributed by atoms with Gasteiger partial charge in [0.1, 0.15) is 11.4 Å². The maximum Gasteiger partial charge on any atom is 0.195 e. The number of aldehydes is 1. The topological polar surface area (TPSA) is 34.4 Å². The molecule has 0 unspecified atom stereocenters. The number of nitrogens with zero attached hydrogens (tertiary/aromatic N) is 2. The van der Waals surface area contributed by atoms with Gasteiger partial charge >= 0.3 is 0 Å². The fourth-order valence-electron chi connectivity index (χ4n) is 3.56. The summed E-state index contributed by atoms with van der Waals surface area (Å²) in [6.07, 6.45) is 0.925. The van der Waals surface area contributed by atoms with Crippen molar-refractivity contribution in [3.05, 3.63) is 69.7 Å². The first kappa shape index (κ1) is 16.7. The smallest absolute Gasteiger partial charge is 0.195 e. The molecule has 4 rings (SSSR count). The third kappa shape index (κ3) is 2.58. The summed E-state index contributed by atoms with van der Waals surface area (Å²) in [7, 11) is 0. The molecular weight excluding hydrogens is 340 g/mol. The summed E-state index contributed by atoms with van der Waals surface area (Å²) >= 11 is 1.57. The molecule has 4 aromatic rings. The summed E-state index contributed by atoms with van der Waals surface area (Å²) in [5.41, 5.74) is 9.31. The van der Waals surface area contributed by atoms with Crippen molar-refractivity contribution >= 4 is 22.6 Å². The van der Waals surface area contributed by atoms with Crippen LogP contribution in [-0.2, 0) is 0 Å². The predicted molar refractivity (Wildman–Crippen MR) is 108 cm³/mol. The molecule has 0 spiro atoms. The van der Waals surface area contributed by atoms with E-state index in [4.69, 9.17) is 4.98 Å². The van der Waals surface area contributed by atoms with Gasteiger partial charge in [-0.2, -0.15) is 0 Å². The van der Waals surface area contributed by atoms with E-state index in [0.29, 0.717) is 5.69 Å². The molecule has 0 aliphatic heterocycles. The van der Waals surface area contributed by atoms with Gasteiger partial charge in [-0.1, -0.05) is 47.5 Å². The summed E-state index contributed by atoms with van der Waals surface area (Å²) in [5, 5.41) is 2.08. The first-order valence-corrected chi connectivity index (χ1v) is 9.48. The Morgan fingerprint density at radius 3 is 2.12 bits per heavy atom. The fourth-order valence-corrected chi connectivity index (χ4v) is 4.45. The van der Waals surface area contributed by atoms with Crippen LogP contribution >= 0.6 is 11.3 Å². The standard InChI is InChI=1S/C22H20N2OS/c1-13-5-7-17(15(3)9-13)20-12-26-22-23-21(19(11-25)24(20)22)18-8-6-14(2)10-16(18)4/h5-12H,1-4H3. The van der Waals surface area contributed by atoms with Crippen LogP contribution in [0.5, 0.6) is 0 Å². The Kier molecular flexibility index (Phi) is 4.00. The molecule has 3 nitrogen and oxygen atoms in total. The molecule has 4 heteroatoms. The number of imidazole rings is 1. The number of hydrogen-bond donors (Lipinski definition) is 0. The van der Waals surface area contributed by atoms with Gasteiger partial charge in [0.05, 0.1) is 5.69 Å². The van der Waals surface area contributed by atoms with Crippen molar-refractivity contribution < 1.29 is 4.79 Å². The van der Waals surface area contributed by atoms with Crippen LogP contribution in [0.25, 0.3) is 27.5 Å². The van der Waals surface area contributed by atoms with Crippen LogP contribution in [0.4, 0.5) is 0 Å². The lowest BCUT2D eigenvalue weighted by Gasteiger charge is -2.08. The van der Waals surface area contributed by atoms with E-state index in [0.717, 1.165) is 39.3 Å². The molecule has 0 radical (unpaired) electrons. The molecule has 0 aliphatic rings. The quantitative estimate of drug-likeness (QED) is 0.434. The van der Waals surface area contributed by atoms with Crippen molar-refractivity contribution in [2.24, 2.45) is 0 Å². The number of carbonyl (C=O) groups excluding carboxylic acids is 1. The van der Waals surface area contributed by atoms with Gasteiger partial charge in [-0.15, -0.1) is 11.3 Å². The molecule has 0 saturated heterocycles. The molecule has 2 heterocycles. The molecule has 130 valence electrons. The van der Waals surface area contributed by atoms with Crippen molar-refractivity contribution in [3.8, 4) is 22.5 Å². The highest BCUT2D eigenvalue weighted by Gasteiger charge is 2.20. The largest absolute Gasteiger partial charge is 0.296 e. The van der Waals surface area contributed by atoms with E-state index in [2.05, 4.69) is 69.5 Å². The van der Waals surface area contributed by atoms with Gasteiger partial charge in [0.25, 0.3) is 0 Å². The number of aryl methyl sites for hydroxylation is 4. The number of benzene rings is 2. The van der Waals surface area contributed by atoms with E-state index in [1.54, 1.807) is 11.3 Å². The molecule has 0 fully saturated rings. The van der Waals surface area contributed by atoms with E-state index in [1.165, 1.54) is 16.7 Å². The Hall–Kier alpha value is -2.72. The zero-order chi connectivity index (χ0) is 18.4. The Balaban J connectivity index is 1.99. The van der Waals surface area contributed by atoms with Gasteiger partial charge in [0, 0.05) is 16.5 Å². The van der Waals surface area contributed by atoms with Crippen LogP contribution < -0.4 is 0 Å². The summed E-state index contributed by atoms with van der Waals surface area (Å²) in [6.45, 7) is 8.33. The molecule has 0 bridgehead atoms. The summed E-state index contributed by atoms with van der Waals surface area (Å²) in [5.74, 6) is 0. The van der Waals surface area contributed by atoms with E-state index in [-0.39, 0.29) is 0 Å². The molecule has 0 amide bonds. The third-order valence-corrected chi connectivity index (χ3v) is 5.63. The lowest BCUT2D eigenvalue weighted by atomic mass is 10.0. The monoisotopic (exact) mass is 360 g/mol. The molecule has 2 aromatic heterocycles. The van der Waals surface area contributed by atoms with Crippen molar-refractivity contribution in [2.45, 2.75) is 27.7 Å². The Labute approximate surface area is 157 Å². The summed E-state index contributed by atoms with van der Waals surface area (Å²) in [6, 6.07) is 12.6. The summed E-state index contributed by atoms with van der Waals surface area (Å²) in [4.78, 5) is 17.7. The second-order valence-electron chi connectivity index (χ2n) is 6.84. The molecule has 26 heavy (non-hydrogen) atoms. The first-order valence-electron chi connectivity index (χ1n) is 8.60. The van der Waals surface area contributed by atoms with Crippen LogP contribution in [0.2, 0.25) is 0 Å². The van der Waals surface area contributed by atoms with Gasteiger partial charge < -0.3 is 0 Å². The van der Waals surface area contributed by atoms with Crippen LogP contribution in [-0.4, -0.2) is 15.7 Å². The second kappa shape index (κ2) is 6.22. The first-order chi connectivity index (χ1) is 12.5. The van der Waals surface area contributed by atoms with E-state index >= 15 is 0 Å². The zero-order valence-electron chi connectivity index (χ0n) is 15.3. The van der Waals surface area contributed by atoms with Gasteiger partial charge in [-0.25, -0.2) is 4.98 Å². The molecule has 2 aromatic carbocycles. The maximum absolute atomic E-state index is 12.0. The van der Waals surface area contributed by atoms with Crippen molar-refractivity contribution in [1.82, 2.24) is 9.38 Å². The minimum atomic E-state index is 0.614. The van der Waals surface area contributed by atoms with Crippen LogP contribution in [0.1, 0.15) is 32.7 Å². The minimum Gasteiger partial charge on any atom is -0.296 e. The maximum atomic E-state index is 12.0. The Morgan fingerprint density at radius 2 is 1.54 bits per heavy atom. The number of hydrogen-bond acceptors (Lipinski definition) is 3. The van der Waals surface area contributed by atoms with Gasteiger partial charge in [0.15, 0.2) is 11.2 Å². The van der Waals surface area contributed by atoms with Crippen LogP contribution in [0, 0.1) is 27.7 Å². The molecule has 0 atom stereocenters. The normalized spacial score (nSPS) is 11.2. The Morgan fingerprint density at radius 1 is 0.923 bits per heavy atom. The Bertz CT molecular complexity index is 1150. The number of thiazole rings is 1. The average molecular weight is 360 g/mol. The lowest BCUT2D eigenvalue weighted by Crippen LogP contribution is -1.96. The summed E-state index contributed by atoms with van der Waals surface area (Å²) < 4.78 is 1.99. The molecule has 0 aliphatic carbocycles. The molecular formula is C22H20N2OS. The second-order valence-corrected chi connectivity index (χ2v) is 7.68. The number of carbonyl (C=O) groups is 1. The van der Waals surface area contributed by atoms with E-state index in [9.17, 15) is 4.79 Å². The van der Waals surface area contributed by atoms with E-state index < -0.39 is 0 Å². The van der Waals surface area contributed by atoms with Gasteiger partial charge in [-0.05, 0) is 38.8 Å². The predicted octanol–water partition coefficient (Wildman–Crippen LogP) is 5.78. The zero-order valence-corrected chi connectivity index (χ0v) is 16.1. The van der Waals surface area contributed by atoms with Crippen molar-refractivity contribution in [2.75, 3.05) is 0 Å².